The van der Waals surface area contributed by atoms with Crippen molar-refractivity contribution < 1.29 is 28.6 Å². The van der Waals surface area contributed by atoms with Crippen LogP contribution in [0, 0.1) is 11.8 Å². The molecule has 48 heavy (non-hydrogen) atoms. The standard InChI is InChI=1S/C42H80O6/c1-6-7-8-9-15-22-27-32-40(43)46-35-39(36-47-41(44)33-28-23-19-14-17-21-26-31-38(4)5)48-42(45)34-29-24-18-13-11-10-12-16-20-25-30-37(2)3/h37-39H,6-36H2,1-5H3/t39-/m0/s1. The molecule has 1 atom stereocenters. The van der Waals surface area contributed by atoms with Gasteiger partial charge in [-0.25, -0.2) is 0 Å². The quantitative estimate of drug-likeness (QED) is 0.0372. The molecule has 6 nitrogen and oxygen atoms in total. The molecule has 0 aromatic carbocycles. The zero-order valence-corrected chi connectivity index (χ0v) is 32.6. The molecule has 6 heteroatoms. The van der Waals surface area contributed by atoms with Gasteiger partial charge in [-0.2, -0.15) is 0 Å². The first kappa shape index (κ1) is 46.4. The Bertz CT molecular complexity index is 734. The molecule has 0 aliphatic carbocycles. The van der Waals surface area contributed by atoms with Crippen molar-refractivity contribution in [1.82, 2.24) is 0 Å². The van der Waals surface area contributed by atoms with Crippen molar-refractivity contribution >= 4 is 17.9 Å². The van der Waals surface area contributed by atoms with Crippen molar-refractivity contribution in [2.45, 2.75) is 227 Å². The first-order valence-electron chi connectivity index (χ1n) is 20.7. The number of hydrogen-bond acceptors (Lipinski definition) is 6. The molecule has 0 fully saturated rings. The molecule has 0 spiro atoms. The van der Waals surface area contributed by atoms with Gasteiger partial charge in [-0.05, 0) is 31.1 Å². The van der Waals surface area contributed by atoms with Crippen LogP contribution in [0.15, 0.2) is 0 Å². The minimum Gasteiger partial charge on any atom is -0.462 e. The lowest BCUT2D eigenvalue weighted by Crippen LogP contribution is -2.30. The van der Waals surface area contributed by atoms with Crippen molar-refractivity contribution in [3.05, 3.63) is 0 Å². The van der Waals surface area contributed by atoms with Gasteiger partial charge in [-0.3, -0.25) is 14.4 Å². The van der Waals surface area contributed by atoms with Crippen LogP contribution in [0.5, 0.6) is 0 Å². The molecule has 0 N–H and O–H groups in total. The minimum atomic E-state index is -0.758. The molecule has 0 bridgehead atoms. The van der Waals surface area contributed by atoms with Gasteiger partial charge in [0.25, 0.3) is 0 Å². The lowest BCUT2D eigenvalue weighted by atomic mass is 10.0. The third-order valence-corrected chi connectivity index (χ3v) is 9.22. The largest absolute Gasteiger partial charge is 0.462 e. The monoisotopic (exact) mass is 681 g/mol. The Morgan fingerprint density at radius 2 is 0.688 bits per heavy atom. The first-order chi connectivity index (χ1) is 23.2. The Hall–Kier alpha value is -1.59. The Morgan fingerprint density at radius 3 is 1.02 bits per heavy atom. The van der Waals surface area contributed by atoms with Crippen molar-refractivity contribution in [3.63, 3.8) is 0 Å². The van der Waals surface area contributed by atoms with E-state index >= 15 is 0 Å². The number of hydrogen-bond donors (Lipinski definition) is 0. The highest BCUT2D eigenvalue weighted by Crippen LogP contribution is 2.16. The maximum absolute atomic E-state index is 12.6. The summed E-state index contributed by atoms with van der Waals surface area (Å²) >= 11 is 0. The Morgan fingerprint density at radius 1 is 0.396 bits per heavy atom. The van der Waals surface area contributed by atoms with E-state index in [9.17, 15) is 14.4 Å². The van der Waals surface area contributed by atoms with Gasteiger partial charge in [0.05, 0.1) is 0 Å². The number of unbranched alkanes of at least 4 members (excludes halogenated alkanes) is 21. The van der Waals surface area contributed by atoms with E-state index in [1.54, 1.807) is 0 Å². The molecule has 0 amide bonds. The third kappa shape index (κ3) is 35.7. The molecule has 0 saturated carbocycles. The highest BCUT2D eigenvalue weighted by molar-refractivity contribution is 5.71. The zero-order valence-electron chi connectivity index (χ0n) is 32.6. The van der Waals surface area contributed by atoms with E-state index in [2.05, 4.69) is 34.6 Å². The summed E-state index contributed by atoms with van der Waals surface area (Å²) in [6, 6.07) is 0. The van der Waals surface area contributed by atoms with Gasteiger partial charge >= 0.3 is 17.9 Å². The number of esters is 3. The lowest BCUT2D eigenvalue weighted by Gasteiger charge is -2.18. The van der Waals surface area contributed by atoms with Gasteiger partial charge in [0.1, 0.15) is 13.2 Å². The first-order valence-corrected chi connectivity index (χ1v) is 20.7. The molecule has 0 radical (unpaired) electrons. The van der Waals surface area contributed by atoms with Crippen molar-refractivity contribution in [2.24, 2.45) is 11.8 Å². The summed E-state index contributed by atoms with van der Waals surface area (Å²) in [6.07, 6.45) is 31.1. The summed E-state index contributed by atoms with van der Waals surface area (Å²) < 4.78 is 16.6. The normalized spacial score (nSPS) is 12.1. The summed E-state index contributed by atoms with van der Waals surface area (Å²) in [5, 5.41) is 0. The third-order valence-electron chi connectivity index (χ3n) is 9.22. The molecule has 284 valence electrons. The van der Waals surface area contributed by atoms with Crippen LogP contribution in [0.3, 0.4) is 0 Å². The highest BCUT2D eigenvalue weighted by atomic mass is 16.6. The summed E-state index contributed by atoms with van der Waals surface area (Å²) in [5.41, 5.74) is 0. The van der Waals surface area contributed by atoms with Crippen LogP contribution >= 0.6 is 0 Å². The smallest absolute Gasteiger partial charge is 0.306 e. The van der Waals surface area contributed by atoms with Crippen LogP contribution in [0.25, 0.3) is 0 Å². The molecule has 0 rings (SSSR count). The maximum atomic E-state index is 12.6. The predicted octanol–water partition coefficient (Wildman–Crippen LogP) is 12.6. The summed E-state index contributed by atoms with van der Waals surface area (Å²) in [4.78, 5) is 37.4. The molecule has 0 saturated heterocycles. The van der Waals surface area contributed by atoms with Gasteiger partial charge in [0.15, 0.2) is 6.10 Å². The molecule has 0 aliphatic rings. The van der Waals surface area contributed by atoms with E-state index in [0.29, 0.717) is 19.3 Å². The van der Waals surface area contributed by atoms with Crippen LogP contribution in [-0.2, 0) is 28.6 Å². The van der Waals surface area contributed by atoms with Crippen LogP contribution in [-0.4, -0.2) is 37.2 Å². The van der Waals surface area contributed by atoms with Gasteiger partial charge in [-0.15, -0.1) is 0 Å². The lowest BCUT2D eigenvalue weighted by molar-refractivity contribution is -0.167. The second-order valence-corrected chi connectivity index (χ2v) is 15.2. The molecule has 0 aromatic heterocycles. The number of ether oxygens (including phenoxy) is 3. The van der Waals surface area contributed by atoms with Crippen LogP contribution in [0.4, 0.5) is 0 Å². The Balaban J connectivity index is 4.32. The summed E-state index contributed by atoms with van der Waals surface area (Å²) in [7, 11) is 0. The Kier molecular flexibility index (Phi) is 34.1. The molecule has 0 heterocycles. The van der Waals surface area contributed by atoms with E-state index in [4.69, 9.17) is 14.2 Å². The van der Waals surface area contributed by atoms with Gasteiger partial charge < -0.3 is 14.2 Å². The fourth-order valence-electron chi connectivity index (χ4n) is 6.05. The van der Waals surface area contributed by atoms with Crippen LogP contribution in [0.1, 0.15) is 221 Å². The number of carbonyl (C=O) groups excluding carboxylic acids is 3. The average Bonchev–Trinajstić information content (AvgIpc) is 3.04. The molecule has 0 aromatic rings. The second kappa shape index (κ2) is 35.2. The average molecular weight is 681 g/mol. The Labute approximate surface area is 298 Å². The van der Waals surface area contributed by atoms with E-state index in [1.807, 2.05) is 0 Å². The van der Waals surface area contributed by atoms with Gasteiger partial charge in [-0.1, -0.05) is 182 Å². The number of carbonyl (C=O) groups is 3. The fourth-order valence-corrected chi connectivity index (χ4v) is 6.05. The summed E-state index contributed by atoms with van der Waals surface area (Å²) in [5.74, 6) is 0.726. The second-order valence-electron chi connectivity index (χ2n) is 15.2. The predicted molar refractivity (Wildman–Crippen MR) is 201 cm³/mol. The van der Waals surface area contributed by atoms with Crippen molar-refractivity contribution in [3.8, 4) is 0 Å². The maximum Gasteiger partial charge on any atom is 0.306 e. The molecular weight excluding hydrogens is 600 g/mol. The topological polar surface area (TPSA) is 78.9 Å². The van der Waals surface area contributed by atoms with E-state index in [-0.39, 0.29) is 31.1 Å². The van der Waals surface area contributed by atoms with Crippen molar-refractivity contribution in [2.75, 3.05) is 13.2 Å². The highest BCUT2D eigenvalue weighted by Gasteiger charge is 2.19. The SMILES string of the molecule is CCCCCCCCCC(=O)OC[C@@H](COC(=O)CCCCCCCCCC(C)C)OC(=O)CCCCCCCCCCCCC(C)C. The van der Waals surface area contributed by atoms with Crippen LogP contribution in [0.2, 0.25) is 0 Å². The molecule has 0 aliphatic heterocycles. The van der Waals surface area contributed by atoms with Gasteiger partial charge in [0, 0.05) is 19.3 Å². The van der Waals surface area contributed by atoms with E-state index < -0.39 is 6.10 Å². The van der Waals surface area contributed by atoms with Gasteiger partial charge in [0.2, 0.25) is 0 Å². The van der Waals surface area contributed by atoms with Crippen LogP contribution < -0.4 is 0 Å². The van der Waals surface area contributed by atoms with E-state index in [0.717, 1.165) is 69.6 Å². The zero-order chi connectivity index (χ0) is 35.5. The number of rotatable bonds is 36. The minimum absolute atomic E-state index is 0.0668. The van der Waals surface area contributed by atoms with Crippen molar-refractivity contribution in [1.29, 1.82) is 0 Å². The fraction of sp³-hybridized carbons (Fsp3) is 0.929. The summed E-state index contributed by atoms with van der Waals surface area (Å²) in [6.45, 7) is 11.2. The molecule has 0 unspecified atom stereocenters. The van der Waals surface area contributed by atoms with E-state index in [1.165, 1.54) is 109 Å². The molecular formula is C42H80O6.